The van der Waals surface area contributed by atoms with Crippen molar-refractivity contribution in [3.05, 3.63) is 17.5 Å². The molecule has 1 unspecified atom stereocenters. The molecular formula is C11H16N2O4. The summed E-state index contributed by atoms with van der Waals surface area (Å²) >= 11 is 0. The van der Waals surface area contributed by atoms with Gasteiger partial charge in [0, 0.05) is 19.2 Å². The number of carbonyl (C=O) groups is 1. The summed E-state index contributed by atoms with van der Waals surface area (Å²) in [5, 5.41) is 15.3. The van der Waals surface area contributed by atoms with Gasteiger partial charge in [0.1, 0.15) is 0 Å². The minimum atomic E-state index is -1.07. The monoisotopic (exact) mass is 240 g/mol. The van der Waals surface area contributed by atoms with Gasteiger partial charge in [0.15, 0.2) is 11.5 Å². The second-order valence-electron chi connectivity index (χ2n) is 4.20. The van der Waals surface area contributed by atoms with Crippen LogP contribution >= 0.6 is 0 Å². The smallest absolute Gasteiger partial charge is 0.358 e. The SMILES string of the molecule is O=C(O)c1cc(CNCC2CCCOC2)on1. The van der Waals surface area contributed by atoms with Crippen molar-refractivity contribution in [2.45, 2.75) is 19.4 Å². The minimum absolute atomic E-state index is 0.0530. The van der Waals surface area contributed by atoms with Crippen LogP contribution in [0.1, 0.15) is 29.1 Å². The highest BCUT2D eigenvalue weighted by Crippen LogP contribution is 2.12. The minimum Gasteiger partial charge on any atom is -0.476 e. The molecule has 0 spiro atoms. The number of nitrogens with zero attached hydrogens (tertiary/aromatic N) is 1. The highest BCUT2D eigenvalue weighted by molar-refractivity contribution is 5.85. The van der Waals surface area contributed by atoms with Gasteiger partial charge in [-0.05, 0) is 18.8 Å². The molecule has 0 aliphatic carbocycles. The molecule has 2 heterocycles. The van der Waals surface area contributed by atoms with Crippen LogP contribution < -0.4 is 5.32 Å². The predicted molar refractivity (Wildman–Crippen MR) is 58.7 cm³/mol. The molecule has 6 heteroatoms. The fourth-order valence-electron chi connectivity index (χ4n) is 1.86. The predicted octanol–water partition coefficient (Wildman–Crippen LogP) is 0.889. The van der Waals surface area contributed by atoms with Gasteiger partial charge in [-0.3, -0.25) is 0 Å². The van der Waals surface area contributed by atoms with E-state index in [9.17, 15) is 4.79 Å². The first-order valence-electron chi connectivity index (χ1n) is 5.73. The zero-order valence-corrected chi connectivity index (χ0v) is 9.52. The van der Waals surface area contributed by atoms with Crippen molar-refractivity contribution in [2.24, 2.45) is 5.92 Å². The summed E-state index contributed by atoms with van der Waals surface area (Å²) in [6.45, 7) is 3.00. The molecule has 1 aliphatic rings. The highest BCUT2D eigenvalue weighted by Gasteiger charge is 2.14. The van der Waals surface area contributed by atoms with E-state index in [0.717, 1.165) is 26.2 Å². The molecule has 1 aliphatic heterocycles. The number of rotatable bonds is 5. The van der Waals surface area contributed by atoms with Crippen LogP contribution in [0.2, 0.25) is 0 Å². The first kappa shape index (κ1) is 12.1. The van der Waals surface area contributed by atoms with Gasteiger partial charge in [0.25, 0.3) is 0 Å². The average molecular weight is 240 g/mol. The normalized spacial score (nSPS) is 20.4. The van der Waals surface area contributed by atoms with Crippen LogP contribution in [0.4, 0.5) is 0 Å². The van der Waals surface area contributed by atoms with E-state index in [2.05, 4.69) is 10.5 Å². The van der Waals surface area contributed by atoms with E-state index >= 15 is 0 Å². The lowest BCUT2D eigenvalue weighted by Gasteiger charge is -2.21. The van der Waals surface area contributed by atoms with Crippen molar-refractivity contribution < 1.29 is 19.2 Å². The zero-order valence-electron chi connectivity index (χ0n) is 9.52. The quantitative estimate of drug-likeness (QED) is 0.795. The summed E-state index contributed by atoms with van der Waals surface area (Å²) in [5.41, 5.74) is -0.0530. The van der Waals surface area contributed by atoms with Gasteiger partial charge in [-0.25, -0.2) is 4.79 Å². The second-order valence-corrected chi connectivity index (χ2v) is 4.20. The number of carboxylic acid groups (broad SMARTS) is 1. The van der Waals surface area contributed by atoms with E-state index in [0.29, 0.717) is 18.2 Å². The van der Waals surface area contributed by atoms with Gasteiger partial charge in [-0.15, -0.1) is 0 Å². The zero-order chi connectivity index (χ0) is 12.1. The molecule has 6 nitrogen and oxygen atoms in total. The molecule has 0 amide bonds. The highest BCUT2D eigenvalue weighted by atomic mass is 16.5. The Labute approximate surface area is 98.9 Å². The number of nitrogens with one attached hydrogen (secondary N) is 1. The fraction of sp³-hybridized carbons (Fsp3) is 0.636. The molecular weight excluding hydrogens is 224 g/mol. The standard InChI is InChI=1S/C11H16N2O4/c14-11(15)10-4-9(17-13-10)6-12-5-8-2-1-3-16-7-8/h4,8,12H,1-3,5-7H2,(H,14,15). The number of hydrogen-bond acceptors (Lipinski definition) is 5. The van der Waals surface area contributed by atoms with Crippen LogP contribution in [0.25, 0.3) is 0 Å². The largest absolute Gasteiger partial charge is 0.476 e. The topological polar surface area (TPSA) is 84.6 Å². The molecule has 0 radical (unpaired) electrons. The molecule has 1 atom stereocenters. The van der Waals surface area contributed by atoms with Crippen LogP contribution in [0, 0.1) is 5.92 Å². The molecule has 2 rings (SSSR count). The van der Waals surface area contributed by atoms with Crippen LogP contribution in [-0.2, 0) is 11.3 Å². The summed E-state index contributed by atoms with van der Waals surface area (Å²) in [6, 6.07) is 1.44. The molecule has 0 bridgehead atoms. The van der Waals surface area contributed by atoms with Crippen molar-refractivity contribution in [3.8, 4) is 0 Å². The second kappa shape index (κ2) is 5.79. The Morgan fingerprint density at radius 3 is 3.18 bits per heavy atom. The van der Waals surface area contributed by atoms with E-state index < -0.39 is 5.97 Å². The Balaban J connectivity index is 1.71. The average Bonchev–Trinajstić information content (AvgIpc) is 2.79. The van der Waals surface area contributed by atoms with E-state index in [1.165, 1.54) is 12.5 Å². The van der Waals surface area contributed by atoms with E-state index in [-0.39, 0.29) is 5.69 Å². The third kappa shape index (κ3) is 3.54. The number of carboxylic acids is 1. The lowest BCUT2D eigenvalue weighted by Crippen LogP contribution is -2.28. The molecule has 17 heavy (non-hydrogen) atoms. The first-order chi connectivity index (χ1) is 8.25. The Morgan fingerprint density at radius 1 is 1.65 bits per heavy atom. The van der Waals surface area contributed by atoms with Crippen LogP contribution in [0.5, 0.6) is 0 Å². The Hall–Kier alpha value is -1.40. The summed E-state index contributed by atoms with van der Waals surface area (Å²) in [6.07, 6.45) is 2.28. The first-order valence-corrected chi connectivity index (χ1v) is 5.73. The molecule has 2 N–H and O–H groups in total. The van der Waals surface area contributed by atoms with E-state index in [1.807, 2.05) is 0 Å². The van der Waals surface area contributed by atoms with Crippen molar-refractivity contribution in [1.82, 2.24) is 10.5 Å². The van der Waals surface area contributed by atoms with Crippen LogP contribution in [0.15, 0.2) is 10.6 Å². The maximum absolute atomic E-state index is 10.6. The molecule has 0 aromatic carbocycles. The maximum Gasteiger partial charge on any atom is 0.358 e. The maximum atomic E-state index is 10.6. The molecule has 0 saturated carbocycles. The Bertz CT molecular complexity index is 371. The summed E-state index contributed by atoms with van der Waals surface area (Å²) in [7, 11) is 0. The van der Waals surface area contributed by atoms with E-state index in [4.69, 9.17) is 14.4 Å². The third-order valence-electron chi connectivity index (χ3n) is 2.76. The Morgan fingerprint density at radius 2 is 2.53 bits per heavy atom. The van der Waals surface area contributed by atoms with Crippen LogP contribution in [0.3, 0.4) is 0 Å². The van der Waals surface area contributed by atoms with Gasteiger partial charge >= 0.3 is 5.97 Å². The van der Waals surface area contributed by atoms with Gasteiger partial charge in [-0.1, -0.05) is 5.16 Å². The fourth-order valence-corrected chi connectivity index (χ4v) is 1.86. The Kier molecular flexibility index (Phi) is 4.11. The number of aromatic carboxylic acids is 1. The molecule has 1 saturated heterocycles. The van der Waals surface area contributed by atoms with Crippen molar-refractivity contribution in [1.29, 1.82) is 0 Å². The lowest BCUT2D eigenvalue weighted by molar-refractivity contribution is 0.0545. The molecule has 1 aromatic rings. The van der Waals surface area contributed by atoms with E-state index in [1.54, 1.807) is 0 Å². The van der Waals surface area contributed by atoms with Crippen LogP contribution in [-0.4, -0.2) is 36.0 Å². The third-order valence-corrected chi connectivity index (χ3v) is 2.76. The summed E-state index contributed by atoms with van der Waals surface area (Å²) in [4.78, 5) is 10.6. The molecule has 1 aromatic heterocycles. The lowest BCUT2D eigenvalue weighted by atomic mass is 10.0. The molecule has 1 fully saturated rings. The van der Waals surface area contributed by atoms with Gasteiger partial charge in [-0.2, -0.15) is 0 Å². The van der Waals surface area contributed by atoms with Gasteiger partial charge < -0.3 is 19.7 Å². The number of aromatic nitrogens is 1. The number of ether oxygens (including phenoxy) is 1. The van der Waals surface area contributed by atoms with Crippen molar-refractivity contribution in [2.75, 3.05) is 19.8 Å². The van der Waals surface area contributed by atoms with Crippen molar-refractivity contribution >= 4 is 5.97 Å². The summed E-state index contributed by atoms with van der Waals surface area (Å²) in [5.74, 6) is 0.00502. The summed E-state index contributed by atoms with van der Waals surface area (Å²) < 4.78 is 10.3. The van der Waals surface area contributed by atoms with Crippen molar-refractivity contribution in [3.63, 3.8) is 0 Å². The molecule has 94 valence electrons. The van der Waals surface area contributed by atoms with Gasteiger partial charge in [0.05, 0.1) is 13.2 Å². The number of hydrogen-bond donors (Lipinski definition) is 2. The van der Waals surface area contributed by atoms with Gasteiger partial charge in [0.2, 0.25) is 0 Å².